The molecule has 0 aliphatic rings. The molecule has 0 aromatic carbocycles. The average Bonchev–Trinajstić information content (AvgIpc) is 2.24. The van der Waals surface area contributed by atoms with Gasteiger partial charge in [0.2, 0.25) is 0 Å². The van der Waals surface area contributed by atoms with E-state index in [2.05, 4.69) is 22.4 Å². The molecule has 0 bridgehead atoms. The summed E-state index contributed by atoms with van der Waals surface area (Å²) < 4.78 is 0. The van der Waals surface area contributed by atoms with Crippen molar-refractivity contribution in [1.29, 1.82) is 0 Å². The Morgan fingerprint density at radius 2 is 1.07 bits per heavy atom. The van der Waals surface area contributed by atoms with Crippen LogP contribution < -0.4 is 0 Å². The minimum atomic E-state index is 0. The van der Waals surface area contributed by atoms with Crippen molar-refractivity contribution >= 4 is 0 Å². The SMILES string of the molecule is [Au].[CH3-].[CH3-].[c-]1ccccn1.[c-]1ccccn1. The van der Waals surface area contributed by atoms with Gasteiger partial charge >= 0.3 is 0 Å². The van der Waals surface area contributed by atoms with E-state index in [1.165, 1.54) is 0 Å². The average molecular weight is 383 g/mol. The van der Waals surface area contributed by atoms with Crippen molar-refractivity contribution in [1.82, 2.24) is 9.97 Å². The molecule has 15 heavy (non-hydrogen) atoms. The molecule has 2 aromatic heterocycles. The molecule has 0 fully saturated rings. The zero-order chi connectivity index (χ0) is 8.49. The summed E-state index contributed by atoms with van der Waals surface area (Å²) in [5, 5.41) is 0. The molecular weight excluding hydrogens is 369 g/mol. The molecule has 2 nitrogen and oxygen atoms in total. The first kappa shape index (κ1) is 19.6. The van der Waals surface area contributed by atoms with Crippen molar-refractivity contribution in [2.45, 2.75) is 0 Å². The standard InChI is InChI=1S/2C5H4N.2CH3.Au/c2*1-2-4-6-5-3-1;;;/h2*1-4H;2*1H3;/q4*-1;. The monoisotopic (exact) mass is 383 g/mol. The Labute approximate surface area is 108 Å². The fourth-order valence-corrected chi connectivity index (χ4v) is 0.555. The molecule has 2 heterocycles. The van der Waals surface area contributed by atoms with Gasteiger partial charge in [-0.05, 0) is 0 Å². The van der Waals surface area contributed by atoms with Crippen molar-refractivity contribution in [2.24, 2.45) is 0 Å². The zero-order valence-corrected chi connectivity index (χ0v) is 11.0. The van der Waals surface area contributed by atoms with Crippen LogP contribution in [-0.4, -0.2) is 9.97 Å². The second-order valence-electron chi connectivity index (χ2n) is 1.92. The Morgan fingerprint density at radius 3 is 1.13 bits per heavy atom. The summed E-state index contributed by atoms with van der Waals surface area (Å²) in [5.74, 6) is 0. The van der Waals surface area contributed by atoms with E-state index in [1.807, 2.05) is 24.3 Å². The molecule has 0 unspecified atom stereocenters. The van der Waals surface area contributed by atoms with Crippen LogP contribution in [0, 0.1) is 27.2 Å². The van der Waals surface area contributed by atoms with Crippen LogP contribution in [0.3, 0.4) is 0 Å². The van der Waals surface area contributed by atoms with Crippen LogP contribution in [0.25, 0.3) is 0 Å². The van der Waals surface area contributed by atoms with Gasteiger partial charge in [0.15, 0.2) is 0 Å². The van der Waals surface area contributed by atoms with Crippen LogP contribution in [0.2, 0.25) is 0 Å². The van der Waals surface area contributed by atoms with E-state index in [0.717, 1.165) is 0 Å². The first-order valence-corrected chi connectivity index (χ1v) is 3.54. The maximum atomic E-state index is 3.66. The van der Waals surface area contributed by atoms with Crippen molar-refractivity contribution < 1.29 is 22.4 Å². The third kappa shape index (κ3) is 13.0. The van der Waals surface area contributed by atoms with Gasteiger partial charge in [-0.2, -0.15) is 36.4 Å². The van der Waals surface area contributed by atoms with E-state index >= 15 is 0 Å². The van der Waals surface area contributed by atoms with E-state index in [4.69, 9.17) is 0 Å². The van der Waals surface area contributed by atoms with E-state index in [1.54, 1.807) is 24.5 Å². The first-order chi connectivity index (χ1) is 6.00. The van der Waals surface area contributed by atoms with Gasteiger partial charge < -0.3 is 24.8 Å². The predicted octanol–water partition coefficient (Wildman–Crippen LogP) is 2.66. The van der Waals surface area contributed by atoms with Crippen molar-refractivity contribution in [3.05, 3.63) is 76.0 Å². The molecule has 87 valence electrons. The largest absolute Gasteiger partial charge is 0.394 e. The van der Waals surface area contributed by atoms with Crippen LogP contribution >= 0.6 is 0 Å². The van der Waals surface area contributed by atoms with Crippen molar-refractivity contribution in [3.8, 4) is 0 Å². The summed E-state index contributed by atoms with van der Waals surface area (Å²) in [5.41, 5.74) is 0. The van der Waals surface area contributed by atoms with Crippen LogP contribution in [0.4, 0.5) is 0 Å². The summed E-state index contributed by atoms with van der Waals surface area (Å²) in [6.07, 6.45) is 8.67. The third-order valence-electron chi connectivity index (χ3n) is 1.03. The number of hydrogen-bond donors (Lipinski definition) is 0. The Balaban J connectivity index is -0.000000160. The fraction of sp³-hybridized carbons (Fsp3) is 0. The molecule has 3 heteroatoms. The smallest absolute Gasteiger partial charge is 0 e. The van der Waals surface area contributed by atoms with Crippen molar-refractivity contribution in [3.63, 3.8) is 0 Å². The fourth-order valence-electron chi connectivity index (χ4n) is 0.555. The van der Waals surface area contributed by atoms with E-state index in [-0.39, 0.29) is 37.2 Å². The summed E-state index contributed by atoms with van der Waals surface area (Å²) in [6.45, 7) is 0. The molecule has 2 aromatic rings. The zero-order valence-electron chi connectivity index (χ0n) is 8.81. The minimum Gasteiger partial charge on any atom is -0.394 e. The summed E-state index contributed by atoms with van der Waals surface area (Å²) >= 11 is 0. The molecule has 0 atom stereocenters. The third-order valence-corrected chi connectivity index (χ3v) is 1.03. The van der Waals surface area contributed by atoms with Crippen LogP contribution in [0.15, 0.2) is 48.8 Å². The van der Waals surface area contributed by atoms with Gasteiger partial charge in [-0.15, -0.1) is 0 Å². The van der Waals surface area contributed by atoms with Crippen LogP contribution in [0.1, 0.15) is 0 Å². The molecule has 0 aliphatic carbocycles. The van der Waals surface area contributed by atoms with Crippen molar-refractivity contribution in [2.75, 3.05) is 0 Å². The number of aromatic nitrogens is 2. The molecule has 0 amide bonds. The molecule has 0 spiro atoms. The minimum absolute atomic E-state index is 0. The summed E-state index contributed by atoms with van der Waals surface area (Å²) in [4.78, 5) is 7.32. The second-order valence-corrected chi connectivity index (χ2v) is 1.92. The first-order valence-electron chi connectivity index (χ1n) is 3.54. The van der Waals surface area contributed by atoms with Gasteiger partial charge in [0.05, 0.1) is 0 Å². The van der Waals surface area contributed by atoms with E-state index < -0.39 is 0 Å². The van der Waals surface area contributed by atoms with Gasteiger partial charge in [0, 0.05) is 22.4 Å². The Bertz CT molecular complexity index is 189. The Hall–Kier alpha value is -0.960. The molecule has 0 aliphatic heterocycles. The predicted molar refractivity (Wildman–Crippen MR) is 59.0 cm³/mol. The summed E-state index contributed by atoms with van der Waals surface area (Å²) in [6, 6.07) is 11.0. The molecule has 0 saturated heterocycles. The number of pyridine rings is 2. The quantitative estimate of drug-likeness (QED) is 0.517. The Kier molecular flexibility index (Phi) is 20.3. The maximum absolute atomic E-state index is 3.66. The second kappa shape index (κ2) is 15.5. The number of nitrogens with zero attached hydrogens (tertiary/aromatic N) is 2. The van der Waals surface area contributed by atoms with Gasteiger partial charge in [-0.3, -0.25) is 0 Å². The molecular formula is C12H14AuN2-4. The molecule has 0 saturated carbocycles. The van der Waals surface area contributed by atoms with Crippen LogP contribution in [-0.2, 0) is 22.4 Å². The molecule has 1 radical (unpaired) electrons. The van der Waals surface area contributed by atoms with E-state index in [0.29, 0.717) is 0 Å². The maximum Gasteiger partial charge on any atom is 0 e. The molecule has 2 rings (SSSR count). The van der Waals surface area contributed by atoms with E-state index in [9.17, 15) is 0 Å². The number of rotatable bonds is 0. The normalized spacial score (nSPS) is 6.40. The number of hydrogen-bond acceptors (Lipinski definition) is 2. The summed E-state index contributed by atoms with van der Waals surface area (Å²) in [7, 11) is 0. The van der Waals surface area contributed by atoms with Crippen LogP contribution in [0.5, 0.6) is 0 Å². The van der Waals surface area contributed by atoms with Gasteiger partial charge in [-0.1, -0.05) is 24.8 Å². The van der Waals surface area contributed by atoms with Gasteiger partial charge in [-0.25, -0.2) is 0 Å². The topological polar surface area (TPSA) is 25.8 Å². The Morgan fingerprint density at radius 1 is 0.667 bits per heavy atom. The molecule has 0 N–H and O–H groups in total. The van der Waals surface area contributed by atoms with Gasteiger partial charge in [0.1, 0.15) is 0 Å². The van der Waals surface area contributed by atoms with Gasteiger partial charge in [0.25, 0.3) is 0 Å².